The summed E-state index contributed by atoms with van der Waals surface area (Å²) in [6.07, 6.45) is -9.94. The second kappa shape index (κ2) is 15.2. The van der Waals surface area contributed by atoms with Crippen LogP contribution in [0.15, 0.2) is 34.5 Å². The molecular weight excluding hydrogens is 796 g/mol. The van der Waals surface area contributed by atoms with E-state index in [1.165, 1.54) is 4.57 Å². The Kier molecular flexibility index (Phi) is 11.9. The largest absolute Gasteiger partial charge is 0.480 e. The molecule has 11 atom stereocenters. The number of ether oxygens (including phenoxy) is 3. The van der Waals surface area contributed by atoms with Crippen molar-refractivity contribution in [1.82, 2.24) is 33.9 Å². The predicted molar refractivity (Wildman–Crippen MR) is 164 cm³/mol. The number of methoxy groups -OCH3 is 1. The van der Waals surface area contributed by atoms with Crippen LogP contribution < -0.4 is 21.8 Å². The number of imidazole rings is 1. The lowest BCUT2D eigenvalue weighted by atomic mass is 10.1. The zero-order valence-corrected chi connectivity index (χ0v) is 29.5. The second-order valence-corrected chi connectivity index (χ2v) is 16.9. The third-order valence-corrected chi connectivity index (χ3v) is 12.4. The van der Waals surface area contributed by atoms with Gasteiger partial charge in [-0.2, -0.15) is 4.31 Å². The van der Waals surface area contributed by atoms with E-state index in [2.05, 4.69) is 19.3 Å². The lowest BCUT2D eigenvalue weighted by Crippen LogP contribution is -2.38. The Bertz CT molecular complexity index is 2090. The number of hydrogen-bond acceptors (Lipinski definition) is 19. The number of aliphatic hydroxyl groups is 2. The number of aromatic nitrogens is 6. The number of rotatable bonds is 15. The highest BCUT2D eigenvalue weighted by Crippen LogP contribution is 2.61. The molecule has 0 aliphatic carbocycles. The fourth-order valence-electron chi connectivity index (χ4n) is 5.09. The zero-order valence-electron chi connectivity index (χ0n) is 25.9. The second-order valence-electron chi connectivity index (χ2n) is 10.8. The van der Waals surface area contributed by atoms with Crippen molar-refractivity contribution in [2.45, 2.75) is 49.1 Å². The third-order valence-electron chi connectivity index (χ3n) is 7.21. The summed E-state index contributed by atoms with van der Waals surface area (Å²) in [6.45, 7) is -2.13. The third kappa shape index (κ3) is 9.34. The number of nitrogens with zero attached hydrogens (tertiary/aromatic N) is 5. The number of phosphoric ester groups is 2. The van der Waals surface area contributed by atoms with E-state index >= 15 is 0 Å². The number of H-pyrrole nitrogens is 1. The van der Waals surface area contributed by atoms with Crippen LogP contribution in [-0.4, -0.2) is 121 Å². The molecule has 2 aliphatic rings. The summed E-state index contributed by atoms with van der Waals surface area (Å²) in [6, 6.07) is 0.935. The predicted octanol–water partition coefficient (Wildman–Crippen LogP) is -3.09. The number of aromatic amines is 1. The fourth-order valence-corrected chi connectivity index (χ4v) is 9.48. The molecule has 32 heteroatoms. The quantitative estimate of drug-likeness (QED) is 0.0679. The number of hydrogen-bond donors (Lipinski definition) is 10. The molecule has 0 amide bonds. The van der Waals surface area contributed by atoms with Gasteiger partial charge in [0.1, 0.15) is 48.5 Å². The van der Waals surface area contributed by atoms with Crippen molar-refractivity contribution < 1.29 is 85.0 Å². The molecular formula is C20H30N8O20P4. The summed E-state index contributed by atoms with van der Waals surface area (Å²) in [5.74, 6) is -0.0542. The maximum atomic E-state index is 13.3. The number of nitrogens with one attached hydrogen (secondary N) is 2. The average molecular weight is 826 g/mol. The van der Waals surface area contributed by atoms with Gasteiger partial charge in [0.05, 0.1) is 19.5 Å². The summed E-state index contributed by atoms with van der Waals surface area (Å²) >= 11 is 0. The molecule has 0 bridgehead atoms. The molecule has 3 aromatic heterocycles. The van der Waals surface area contributed by atoms with E-state index in [1.54, 1.807) is 0 Å². The van der Waals surface area contributed by atoms with Crippen molar-refractivity contribution in [1.29, 1.82) is 0 Å². The van der Waals surface area contributed by atoms with Crippen molar-refractivity contribution in [2.24, 2.45) is 0 Å². The van der Waals surface area contributed by atoms with Gasteiger partial charge in [-0.25, -0.2) is 38.0 Å². The van der Waals surface area contributed by atoms with Crippen LogP contribution in [0.25, 0.3) is 11.2 Å². The van der Waals surface area contributed by atoms with Crippen LogP contribution in [0.2, 0.25) is 0 Å². The van der Waals surface area contributed by atoms with Gasteiger partial charge >= 0.3 is 36.8 Å². The van der Waals surface area contributed by atoms with Crippen molar-refractivity contribution in [2.75, 3.05) is 26.1 Å². The summed E-state index contributed by atoms with van der Waals surface area (Å²) in [5.41, 5.74) is 4.20. The fraction of sp³-hybridized carbons (Fsp3) is 0.550. The van der Waals surface area contributed by atoms with Crippen LogP contribution in [0, 0.1) is 0 Å². The molecule has 0 spiro atoms. The van der Waals surface area contributed by atoms with E-state index in [0.29, 0.717) is 0 Å². The highest BCUT2D eigenvalue weighted by atomic mass is 31.3. The summed E-state index contributed by atoms with van der Waals surface area (Å²) in [4.78, 5) is 86.4. The topological polar surface area (TPSA) is 411 Å². The molecule has 5 heterocycles. The number of nitrogens with two attached hydrogens (primary N) is 1. The molecule has 0 aromatic carbocycles. The molecule has 2 saturated heterocycles. The van der Waals surface area contributed by atoms with E-state index in [1.807, 2.05) is 4.98 Å². The van der Waals surface area contributed by atoms with E-state index in [4.69, 9.17) is 43.3 Å². The van der Waals surface area contributed by atoms with E-state index in [9.17, 15) is 52.7 Å². The van der Waals surface area contributed by atoms with Gasteiger partial charge in [0.15, 0.2) is 23.9 Å². The minimum Gasteiger partial charge on any atom is -0.387 e. The normalized spacial score (nSPS) is 30.2. The Morgan fingerprint density at radius 2 is 1.56 bits per heavy atom. The number of aliphatic hydroxyl groups excluding tert-OH is 2. The van der Waals surface area contributed by atoms with Crippen LogP contribution in [0.3, 0.4) is 0 Å². The first kappa shape index (κ1) is 40.5. The van der Waals surface area contributed by atoms with Gasteiger partial charge in [-0.1, -0.05) is 0 Å². The summed E-state index contributed by atoms with van der Waals surface area (Å²) < 4.78 is 86.5. The molecule has 2 aliphatic heterocycles. The van der Waals surface area contributed by atoms with Gasteiger partial charge in [0.2, 0.25) is 0 Å². The maximum absolute atomic E-state index is 13.3. The minimum atomic E-state index is -5.69. The first-order valence-electron chi connectivity index (χ1n) is 14.1. The SMILES string of the molecule is CO[C@@H]1[C@H](OP(=O)(O)OC[C@H]2O[C@@H](n3ccc(=O)[nH]c3=O)[C@H](O)[C@@H]2O)[C@@H](COP(=O)(O)OP(=O)(O)NP(=O)(O)O)O[C@H]1n1cnc2c(N)ncnc21. The number of nitrogen functional groups attached to an aromatic ring is 1. The van der Waals surface area contributed by atoms with Crippen LogP contribution >= 0.6 is 31.1 Å². The van der Waals surface area contributed by atoms with E-state index < -0.39 is 105 Å². The molecule has 28 nitrogen and oxygen atoms in total. The maximum Gasteiger partial charge on any atom is 0.480 e. The Morgan fingerprint density at radius 3 is 2.21 bits per heavy atom. The molecule has 3 aromatic rings. The summed E-state index contributed by atoms with van der Waals surface area (Å²) in [5, 5.41) is 20.9. The van der Waals surface area contributed by atoms with Gasteiger partial charge in [0.25, 0.3) is 5.56 Å². The molecule has 52 heavy (non-hydrogen) atoms. The van der Waals surface area contributed by atoms with Crippen molar-refractivity contribution in [3.63, 3.8) is 0 Å². The molecule has 290 valence electrons. The minimum absolute atomic E-state index is 0.0475. The number of phosphoric acid groups is 2. The van der Waals surface area contributed by atoms with Gasteiger partial charge in [-0.15, -0.1) is 4.86 Å². The van der Waals surface area contributed by atoms with Crippen LogP contribution in [0.4, 0.5) is 5.82 Å². The average Bonchev–Trinajstić information content (AvgIpc) is 3.67. The molecule has 2 fully saturated rings. The lowest BCUT2D eigenvalue weighted by Gasteiger charge is -2.26. The van der Waals surface area contributed by atoms with E-state index in [0.717, 1.165) is 41.5 Å². The van der Waals surface area contributed by atoms with Crippen LogP contribution in [-0.2, 0) is 50.4 Å². The Labute approximate surface area is 288 Å². The smallest absolute Gasteiger partial charge is 0.387 e. The zero-order chi connectivity index (χ0) is 38.4. The first-order valence-corrected chi connectivity index (χ1v) is 20.2. The standard InChI is InChI=1S/C20H30N8O20P4/c1-42-15-14(47-51(38,39)43-4-8-12(30)13(31)18(45-8)27-3-2-10(29)25-20(27)32)9(5-44-52(40,41)48-50(36,37)26-49(33,34)35)46-19(15)28-7-24-11-16(21)22-6-23-17(11)28/h2-3,6-9,12-15,18-19,30-31H,4-5H2,1H3,(H,38,39)(H,40,41)(H2,21,22,23)(H,25,29,32)(H4,26,33,34,35,36,37)/t8-,9-,12-,13-,14-,15-,18-,19-/m1/s1. The van der Waals surface area contributed by atoms with Crippen LogP contribution in [0.5, 0.6) is 0 Å². The van der Waals surface area contributed by atoms with Crippen LogP contribution in [0.1, 0.15) is 12.5 Å². The van der Waals surface area contributed by atoms with Crippen molar-refractivity contribution in [3.05, 3.63) is 45.8 Å². The molecule has 0 saturated carbocycles. The highest BCUT2D eigenvalue weighted by Gasteiger charge is 2.52. The Morgan fingerprint density at radius 1 is 0.904 bits per heavy atom. The number of anilines is 1. The molecule has 5 rings (SSSR count). The number of fused-ring (bicyclic) bond motifs is 1. The molecule has 11 N–H and O–H groups in total. The van der Waals surface area contributed by atoms with E-state index in [-0.39, 0.29) is 17.0 Å². The Hall–Kier alpha value is -2.65. The summed E-state index contributed by atoms with van der Waals surface area (Å²) in [7, 11) is -21.1. The van der Waals surface area contributed by atoms with Gasteiger partial charge in [-0.3, -0.25) is 32.5 Å². The lowest BCUT2D eigenvalue weighted by molar-refractivity contribution is -0.0610. The molecule has 3 unspecified atom stereocenters. The van der Waals surface area contributed by atoms with Gasteiger partial charge in [0, 0.05) is 19.4 Å². The van der Waals surface area contributed by atoms with Crippen molar-refractivity contribution in [3.8, 4) is 0 Å². The van der Waals surface area contributed by atoms with Gasteiger partial charge in [-0.05, 0) is 0 Å². The molecule has 0 radical (unpaired) electrons. The highest BCUT2D eigenvalue weighted by molar-refractivity contribution is 7.70. The monoisotopic (exact) mass is 826 g/mol. The van der Waals surface area contributed by atoms with Gasteiger partial charge < -0.3 is 54.6 Å². The Balaban J connectivity index is 1.36. The van der Waals surface area contributed by atoms with Crippen molar-refractivity contribution >= 4 is 48.1 Å². The first-order chi connectivity index (χ1) is 24.1.